The Morgan fingerprint density at radius 2 is 1.36 bits per heavy atom. The third-order valence-corrected chi connectivity index (χ3v) is 10.2. The van der Waals surface area contributed by atoms with E-state index in [2.05, 4.69) is 13.8 Å². The Morgan fingerprint density at radius 3 is 1.70 bits per heavy atom. The van der Waals surface area contributed by atoms with E-state index in [0.717, 1.165) is 30.8 Å². The van der Waals surface area contributed by atoms with E-state index in [1.807, 2.05) is 22.9 Å². The van der Waals surface area contributed by atoms with Gasteiger partial charge in [-0.3, -0.25) is 14.4 Å². The van der Waals surface area contributed by atoms with Crippen molar-refractivity contribution in [1.82, 2.24) is 5.06 Å². The van der Waals surface area contributed by atoms with Crippen molar-refractivity contribution >= 4 is 77.6 Å². The van der Waals surface area contributed by atoms with Crippen molar-refractivity contribution in [3.8, 4) is 0 Å². The van der Waals surface area contributed by atoms with E-state index in [4.69, 9.17) is 43.1 Å². The van der Waals surface area contributed by atoms with Crippen molar-refractivity contribution in [2.24, 2.45) is 10.3 Å². The number of ketones is 1. The normalized spacial score (nSPS) is 11.8. The molecule has 1 aliphatic heterocycles. The third kappa shape index (κ3) is 17.9. The first kappa shape index (κ1) is 47.9. The molecule has 4 aromatic rings. The van der Waals surface area contributed by atoms with Gasteiger partial charge in [-0.25, -0.2) is 32.2 Å². The minimum Gasteiger partial charge on any atom is -0.381 e. The molecule has 5 rings (SSSR count). The number of hydrogen-bond acceptors (Lipinski definition) is 10. The summed E-state index contributed by atoms with van der Waals surface area (Å²) in [6.45, 7) is 7.72. The zero-order valence-corrected chi connectivity index (χ0v) is 33.0. The molecule has 50 heavy (non-hydrogen) atoms. The average molecular weight is 801 g/mol. The largest absolute Gasteiger partial charge is 1.00 e. The average Bonchev–Trinajstić information content (AvgIpc) is 3.90. The number of hydroxylamine groups is 2. The molecule has 270 valence electrons. The van der Waals surface area contributed by atoms with Crippen LogP contribution >= 0.6 is 45.9 Å². The van der Waals surface area contributed by atoms with Crippen molar-refractivity contribution in [3.05, 3.63) is 110 Å². The number of nitrogens with zero attached hydrogens (tertiary/aromatic N) is 1. The summed E-state index contributed by atoms with van der Waals surface area (Å²) in [5.41, 5.74) is 0.355. The predicted octanol–water partition coefficient (Wildman–Crippen LogP) is 4.07. The minimum atomic E-state index is -3.97. The van der Waals surface area contributed by atoms with E-state index < -0.39 is 26.0 Å². The Balaban J connectivity index is 0.000000684. The maximum absolute atomic E-state index is 12.0. The monoisotopic (exact) mass is 799 g/mol. The number of benzene rings is 2. The van der Waals surface area contributed by atoms with Crippen molar-refractivity contribution in [3.63, 3.8) is 0 Å². The molecular weight excluding hydrogens is 760 g/mol. The van der Waals surface area contributed by atoms with Gasteiger partial charge in [-0.2, -0.15) is 17.8 Å². The van der Waals surface area contributed by atoms with E-state index in [9.17, 15) is 26.4 Å². The van der Waals surface area contributed by atoms with Crippen LogP contribution in [0.1, 0.15) is 58.2 Å². The van der Waals surface area contributed by atoms with Crippen LogP contribution in [0.15, 0.2) is 86.6 Å². The van der Waals surface area contributed by atoms with Gasteiger partial charge in [0, 0.05) is 31.4 Å². The molecule has 0 radical (unpaired) electrons. The second kappa shape index (κ2) is 25.0. The number of nitrogens with two attached hydrogens (primary N) is 2. The summed E-state index contributed by atoms with van der Waals surface area (Å²) in [5, 5.41) is 16.8. The number of ether oxygens (including phenoxy) is 1. The van der Waals surface area contributed by atoms with Crippen molar-refractivity contribution < 1.29 is 54.9 Å². The number of unbranched alkanes of at least 4 members (excludes halogenated alkanes) is 1. The minimum absolute atomic E-state index is 0. The summed E-state index contributed by atoms with van der Waals surface area (Å²) in [6.07, 6.45) is 4.83. The van der Waals surface area contributed by atoms with Crippen molar-refractivity contribution in [2.45, 2.75) is 42.4 Å². The van der Waals surface area contributed by atoms with E-state index in [1.54, 1.807) is 28.8 Å². The number of sulfonamides is 2. The topological polar surface area (TPSA) is 176 Å². The Labute approximate surface area is 325 Å². The molecule has 0 atom stereocenters. The number of thiophene rings is 2. The number of amides is 1. The molecule has 1 amide bonds. The Hall–Kier alpha value is -2.10. The van der Waals surface area contributed by atoms with Crippen LogP contribution in [0, 0.1) is 6.92 Å². The molecule has 2 aromatic heterocycles. The Morgan fingerprint density at radius 1 is 0.880 bits per heavy atom. The van der Waals surface area contributed by atoms with E-state index >= 15 is 0 Å². The first-order valence-electron chi connectivity index (χ1n) is 14.5. The molecule has 1 fully saturated rings. The quantitative estimate of drug-likeness (QED) is 0.122. The van der Waals surface area contributed by atoms with Gasteiger partial charge >= 0.3 is 18.9 Å². The molecule has 11 nitrogen and oxygen atoms in total. The summed E-state index contributed by atoms with van der Waals surface area (Å²) in [6, 6.07) is 15.2. The van der Waals surface area contributed by atoms with Gasteiger partial charge in [-0.15, -0.1) is 11.3 Å². The first-order chi connectivity index (χ1) is 23.1. The fraction of sp³-hybridized carbons (Fsp3) is 0.281. The molecule has 0 spiro atoms. The van der Waals surface area contributed by atoms with Crippen LogP contribution in [0.5, 0.6) is 0 Å². The van der Waals surface area contributed by atoms with Crippen LogP contribution in [0.4, 0.5) is 0 Å². The molecule has 0 saturated carbocycles. The molecule has 2 aromatic carbocycles. The van der Waals surface area contributed by atoms with Crippen LogP contribution < -0.4 is 29.1 Å². The Kier molecular flexibility index (Phi) is 23.9. The van der Waals surface area contributed by atoms with Crippen LogP contribution in [-0.2, 0) is 29.6 Å². The van der Waals surface area contributed by atoms with Crippen molar-refractivity contribution in [2.75, 3.05) is 27.4 Å². The molecule has 0 aliphatic carbocycles. The third-order valence-electron chi connectivity index (χ3n) is 5.90. The van der Waals surface area contributed by atoms with Crippen LogP contribution in [0.2, 0.25) is 10.0 Å². The molecule has 3 heterocycles. The summed E-state index contributed by atoms with van der Waals surface area (Å²) in [7, 11) is -5.19. The van der Waals surface area contributed by atoms with Gasteiger partial charge in [0.15, 0.2) is 0 Å². The molecule has 4 N–H and O–H groups in total. The second-order valence-corrected chi connectivity index (χ2v) is 15.3. The maximum Gasteiger partial charge on any atom is 1.00 e. The number of primary sulfonamides is 2. The first-order valence-corrected chi connectivity index (χ1v) is 20.1. The molecule has 1 aliphatic rings. The SMILES string of the molecule is C1CCOC1.CON(C)C(=O)c1ccc(Cl)c(S(N)(=O)=O)c1.NS(=O)(=O)c1cc(C(=O)c2cccs2)ccc1Cl.[CH2-]CCC.[Li+].c1ccsc1. The number of halogens is 2. The van der Waals surface area contributed by atoms with E-state index in [1.165, 1.54) is 75.1 Å². The summed E-state index contributed by atoms with van der Waals surface area (Å²) < 4.78 is 50.0. The second-order valence-electron chi connectivity index (χ2n) is 9.64. The molecule has 0 bridgehead atoms. The van der Waals surface area contributed by atoms with Gasteiger partial charge in [0.05, 0.1) is 22.0 Å². The standard InChI is InChI=1S/C11H8ClNO3S2.C9H11ClN2O4S.C4H8O.C4H4S.C4H9.Li/c12-8-4-3-7(6-10(8)18(13,15)16)11(14)9-2-1-5-17-9;1-12(16-2)9(13)6-3-4-7(10)8(5-6)17(11,14)15;2*1-2-4-5-3-1;1-3-4-2;/h1-6H,(H2,13,15,16);3-5H,1-2H3,(H2,11,14,15);1-4H2;1-4H;1,3-4H2,2H3;/q;;;;-1;+1. The number of carbonyl (C=O) groups is 2. The van der Waals surface area contributed by atoms with Gasteiger partial charge < -0.3 is 11.7 Å². The molecule has 18 heteroatoms. The van der Waals surface area contributed by atoms with E-state index in [0.29, 0.717) is 4.88 Å². The van der Waals surface area contributed by atoms with Gasteiger partial charge in [-0.05, 0) is 71.4 Å². The zero-order chi connectivity index (χ0) is 37.0. The molecule has 1 saturated heterocycles. The smallest absolute Gasteiger partial charge is 0.381 e. The fourth-order valence-corrected chi connectivity index (χ4v) is 6.55. The predicted molar refractivity (Wildman–Crippen MR) is 197 cm³/mol. The van der Waals surface area contributed by atoms with Crippen molar-refractivity contribution in [1.29, 1.82) is 0 Å². The Bertz CT molecular complexity index is 1760. The number of rotatable bonds is 7. The summed E-state index contributed by atoms with van der Waals surface area (Å²) in [5.74, 6) is -0.763. The maximum atomic E-state index is 12.0. The van der Waals surface area contributed by atoms with Crippen LogP contribution in [-0.4, -0.2) is 61.0 Å². The summed E-state index contributed by atoms with van der Waals surface area (Å²) in [4.78, 5) is 28.4. The van der Waals surface area contributed by atoms with Crippen LogP contribution in [0.3, 0.4) is 0 Å². The van der Waals surface area contributed by atoms with Gasteiger partial charge in [0.1, 0.15) is 9.79 Å². The van der Waals surface area contributed by atoms with Gasteiger partial charge in [0.2, 0.25) is 25.8 Å². The number of hydrogen-bond donors (Lipinski definition) is 2. The zero-order valence-electron chi connectivity index (χ0n) is 28.2. The molecule has 0 unspecified atom stereocenters. The van der Waals surface area contributed by atoms with E-state index in [-0.39, 0.29) is 55.6 Å². The summed E-state index contributed by atoms with van der Waals surface area (Å²) >= 11 is 14.4. The fourth-order valence-electron chi connectivity index (χ4n) is 3.27. The number of carbonyl (C=O) groups excluding carboxylic acids is 2. The van der Waals surface area contributed by atoms with Gasteiger partial charge in [0.25, 0.3) is 5.91 Å². The van der Waals surface area contributed by atoms with Gasteiger partial charge in [-0.1, -0.05) is 54.7 Å². The van der Waals surface area contributed by atoms with Crippen LogP contribution in [0.25, 0.3) is 0 Å². The molecular formula is C32H40Cl2LiN3O8S4.